The topological polar surface area (TPSA) is 108 Å². The molecule has 58 heavy (non-hydrogen) atoms. The monoisotopic (exact) mass is 815 g/mol. The third-order valence-corrected chi connectivity index (χ3v) is 12.9. The van der Waals surface area contributed by atoms with Crippen molar-refractivity contribution in [3.8, 4) is 0 Å². The number of nitrogens with zero attached hydrogens (tertiary/aromatic N) is 1. The van der Waals surface area contributed by atoms with Crippen LogP contribution in [0.4, 0.5) is 10.5 Å². The van der Waals surface area contributed by atoms with Gasteiger partial charge in [-0.3, -0.25) is 4.79 Å². The molecule has 1 fully saturated rings. The summed E-state index contributed by atoms with van der Waals surface area (Å²) >= 11 is 3.41. The number of benzene rings is 5. The summed E-state index contributed by atoms with van der Waals surface area (Å²) in [6.45, 7) is 6.63. The molecule has 0 aromatic heterocycles. The first-order valence-corrected chi connectivity index (χ1v) is 22.0. The summed E-state index contributed by atoms with van der Waals surface area (Å²) in [5.41, 5.74) is 5.79. The van der Waals surface area contributed by atoms with Gasteiger partial charge in [0.25, 0.3) is 5.91 Å². The van der Waals surface area contributed by atoms with Gasteiger partial charge in [0.2, 0.25) is 0 Å². The van der Waals surface area contributed by atoms with Gasteiger partial charge in [-0.25, -0.2) is 9.59 Å². The number of carbonyl (C=O) groups is 3. The molecule has 0 unspecified atom stereocenters. The lowest BCUT2D eigenvalue weighted by molar-refractivity contribution is -0.139. The van der Waals surface area contributed by atoms with E-state index in [1.165, 1.54) is 11.8 Å². The Hall–Kier alpha value is -5.19. The molecular weight excluding hydrogens is 763 g/mol. The average molecular weight is 816 g/mol. The third-order valence-electron chi connectivity index (χ3n) is 10.3. The number of amides is 2. The van der Waals surface area contributed by atoms with Gasteiger partial charge < -0.3 is 25.4 Å². The van der Waals surface area contributed by atoms with Crippen molar-refractivity contribution < 1.29 is 24.2 Å². The van der Waals surface area contributed by atoms with E-state index in [-0.39, 0.29) is 17.4 Å². The van der Waals surface area contributed by atoms with Gasteiger partial charge in [0, 0.05) is 29.6 Å². The first kappa shape index (κ1) is 42.4. The van der Waals surface area contributed by atoms with Crippen molar-refractivity contribution in [2.75, 3.05) is 30.4 Å². The Morgan fingerprint density at radius 2 is 1.36 bits per heavy atom. The van der Waals surface area contributed by atoms with E-state index < -0.39 is 28.3 Å². The molecule has 6 rings (SSSR count). The molecule has 5 aromatic carbocycles. The zero-order chi connectivity index (χ0) is 41.1. The van der Waals surface area contributed by atoms with Crippen LogP contribution in [0.2, 0.25) is 0 Å². The highest BCUT2D eigenvalue weighted by molar-refractivity contribution is 8.01. The highest BCUT2D eigenvalue weighted by Gasteiger charge is 2.46. The Labute approximate surface area is 351 Å². The lowest BCUT2D eigenvalue weighted by Gasteiger charge is -2.39. The molecule has 0 aliphatic carbocycles. The summed E-state index contributed by atoms with van der Waals surface area (Å²) in [4.78, 5) is 41.6. The van der Waals surface area contributed by atoms with Crippen molar-refractivity contribution in [3.63, 3.8) is 0 Å². The van der Waals surface area contributed by atoms with E-state index in [1.54, 1.807) is 6.07 Å². The first-order valence-electron chi connectivity index (χ1n) is 19.8. The van der Waals surface area contributed by atoms with E-state index in [1.807, 2.05) is 104 Å². The average Bonchev–Trinajstić information content (AvgIpc) is 3.63. The number of carboxylic acids is 1. The van der Waals surface area contributed by atoms with E-state index in [2.05, 4.69) is 83.4 Å². The fourth-order valence-electron chi connectivity index (χ4n) is 7.54. The SMILES string of the molecule is CSCC[C@H](NC(=O)c1ccc(NC[C@H]2[C@H](SC(c3ccccc3)(c3ccccc3)c3ccccc3)CCN2C(=O)OC(C)(C)C)cc1Cc1ccccc1)C(=O)O. The van der Waals surface area contributed by atoms with E-state index in [4.69, 9.17) is 4.74 Å². The Kier molecular flexibility index (Phi) is 14.3. The van der Waals surface area contributed by atoms with Gasteiger partial charge >= 0.3 is 12.1 Å². The molecule has 10 heteroatoms. The normalized spacial score (nSPS) is 16.0. The number of carboxylic acid groups (broad SMARTS) is 1. The second-order valence-corrected chi connectivity index (χ2v) is 18.0. The van der Waals surface area contributed by atoms with Gasteiger partial charge in [0.15, 0.2) is 0 Å². The van der Waals surface area contributed by atoms with Crippen molar-refractivity contribution in [3.05, 3.63) is 173 Å². The van der Waals surface area contributed by atoms with Crippen LogP contribution in [0.3, 0.4) is 0 Å². The maximum atomic E-state index is 14.0. The number of carbonyl (C=O) groups excluding carboxylic acids is 2. The molecular formula is C48H53N3O5S2. The van der Waals surface area contributed by atoms with E-state index in [9.17, 15) is 19.5 Å². The van der Waals surface area contributed by atoms with Crippen molar-refractivity contribution in [1.29, 1.82) is 0 Å². The number of ether oxygens (including phenoxy) is 1. The second kappa shape index (κ2) is 19.5. The molecule has 0 radical (unpaired) electrons. The largest absolute Gasteiger partial charge is 0.480 e. The predicted octanol–water partition coefficient (Wildman–Crippen LogP) is 9.73. The quantitative estimate of drug-likeness (QED) is 0.0846. The molecule has 0 bridgehead atoms. The van der Waals surface area contributed by atoms with Crippen molar-refractivity contribution in [1.82, 2.24) is 10.2 Å². The number of anilines is 1. The predicted molar refractivity (Wildman–Crippen MR) is 238 cm³/mol. The van der Waals surface area contributed by atoms with E-state index in [0.717, 1.165) is 39.9 Å². The molecule has 302 valence electrons. The number of rotatable bonds is 16. The summed E-state index contributed by atoms with van der Waals surface area (Å²) in [5.74, 6) is -0.867. The Morgan fingerprint density at radius 3 is 1.88 bits per heavy atom. The first-order chi connectivity index (χ1) is 28.0. The van der Waals surface area contributed by atoms with Gasteiger partial charge in [0.1, 0.15) is 11.6 Å². The molecule has 1 heterocycles. The van der Waals surface area contributed by atoms with Crippen LogP contribution in [-0.2, 0) is 20.7 Å². The molecule has 0 spiro atoms. The summed E-state index contributed by atoms with van der Waals surface area (Å²) in [7, 11) is 0. The highest BCUT2D eigenvalue weighted by atomic mass is 32.2. The molecule has 1 aliphatic heterocycles. The summed E-state index contributed by atoms with van der Waals surface area (Å²) < 4.78 is 5.41. The zero-order valence-corrected chi connectivity index (χ0v) is 35.2. The molecule has 5 aromatic rings. The van der Waals surface area contributed by atoms with Crippen molar-refractivity contribution >= 4 is 47.2 Å². The Balaban J connectivity index is 1.36. The number of thioether (sulfide) groups is 2. The van der Waals surface area contributed by atoms with Gasteiger partial charge in [-0.1, -0.05) is 121 Å². The minimum Gasteiger partial charge on any atom is -0.480 e. The van der Waals surface area contributed by atoms with Crippen molar-refractivity contribution in [2.45, 2.75) is 67.7 Å². The van der Waals surface area contributed by atoms with Crippen LogP contribution in [0.5, 0.6) is 0 Å². The molecule has 3 N–H and O–H groups in total. The molecule has 1 saturated heterocycles. The summed E-state index contributed by atoms with van der Waals surface area (Å²) in [6, 6.07) is 46.0. The number of aliphatic carboxylic acids is 1. The second-order valence-electron chi connectivity index (χ2n) is 15.5. The van der Waals surface area contributed by atoms with Crippen LogP contribution in [0.15, 0.2) is 140 Å². The Morgan fingerprint density at radius 1 is 0.810 bits per heavy atom. The van der Waals surface area contributed by atoms with Crippen LogP contribution >= 0.6 is 23.5 Å². The minimum absolute atomic E-state index is 0.0105. The smallest absolute Gasteiger partial charge is 0.410 e. The summed E-state index contributed by atoms with van der Waals surface area (Å²) in [6.07, 6.45) is 3.12. The number of nitrogens with one attached hydrogen (secondary N) is 2. The van der Waals surface area contributed by atoms with Crippen LogP contribution in [0, 0.1) is 0 Å². The molecule has 0 saturated carbocycles. The molecule has 3 atom stereocenters. The number of likely N-dealkylation sites (tertiary alicyclic amines) is 1. The van der Waals surface area contributed by atoms with E-state index in [0.29, 0.717) is 37.2 Å². The maximum Gasteiger partial charge on any atom is 0.410 e. The van der Waals surface area contributed by atoms with Gasteiger partial charge in [-0.15, -0.1) is 11.8 Å². The van der Waals surface area contributed by atoms with Gasteiger partial charge in [-0.2, -0.15) is 11.8 Å². The van der Waals surface area contributed by atoms with Crippen LogP contribution < -0.4 is 10.6 Å². The lowest BCUT2D eigenvalue weighted by Crippen LogP contribution is -2.46. The lowest BCUT2D eigenvalue weighted by atomic mass is 9.84. The molecule has 2 amide bonds. The summed E-state index contributed by atoms with van der Waals surface area (Å²) in [5, 5.41) is 16.3. The van der Waals surface area contributed by atoms with Gasteiger partial charge in [-0.05, 0) is 98.1 Å². The standard InChI is InChI=1S/C48H53N3O5S2/c1-47(2,3)56-46(55)51-29-27-43(58-48(36-19-11-6-12-20-36,37-21-13-7-14-22-37)38-23-15-8-16-24-38)42(51)33-49-39-25-26-40(35(32-39)31-34-17-9-5-10-18-34)44(52)50-41(45(53)54)28-30-57-4/h5-26,32,41-43,49H,27-31,33H2,1-4H3,(H,50,52)(H,53,54)/t41-,42-,43+/m0/s1. The van der Waals surface area contributed by atoms with E-state index >= 15 is 0 Å². The highest BCUT2D eigenvalue weighted by Crippen LogP contribution is 2.52. The molecule has 1 aliphatic rings. The zero-order valence-electron chi connectivity index (χ0n) is 33.6. The van der Waals surface area contributed by atoms with Crippen LogP contribution in [-0.4, -0.2) is 76.0 Å². The minimum atomic E-state index is -1.06. The van der Waals surface area contributed by atoms with Crippen LogP contribution in [0.25, 0.3) is 0 Å². The number of hydrogen-bond acceptors (Lipinski definition) is 7. The van der Waals surface area contributed by atoms with Gasteiger partial charge in [0.05, 0.1) is 10.8 Å². The fraction of sp³-hybridized carbons (Fsp3) is 0.312. The van der Waals surface area contributed by atoms with Crippen molar-refractivity contribution in [2.24, 2.45) is 0 Å². The maximum absolute atomic E-state index is 14.0. The number of hydrogen-bond donors (Lipinski definition) is 3. The van der Waals surface area contributed by atoms with Crippen LogP contribution in [0.1, 0.15) is 71.8 Å². The third kappa shape index (κ3) is 10.5. The molecule has 8 nitrogen and oxygen atoms in total. The Bertz CT molecular complexity index is 2020. The fourth-order valence-corrected chi connectivity index (χ4v) is 9.91.